The lowest BCUT2D eigenvalue weighted by molar-refractivity contribution is 0.0526. The molecule has 2 N–H and O–H groups in total. The van der Waals surface area contributed by atoms with Gasteiger partial charge in [0.25, 0.3) is 0 Å². The van der Waals surface area contributed by atoms with Gasteiger partial charge in [-0.05, 0) is 30.9 Å². The standard InChI is InChI=1S/C13H19NO2/c1-4-9-7-8-10(5-2)12(14)11(9)13(15)16-6-3/h7-8H,4-6,14H2,1-3H3. The Kier molecular flexibility index (Phi) is 4.35. The third kappa shape index (κ3) is 2.35. The first-order valence-corrected chi connectivity index (χ1v) is 5.72. The Morgan fingerprint density at radius 3 is 2.25 bits per heavy atom. The molecule has 1 rings (SSSR count). The van der Waals surface area contributed by atoms with Gasteiger partial charge in [-0.15, -0.1) is 0 Å². The normalized spacial score (nSPS) is 10.2. The van der Waals surface area contributed by atoms with Crippen molar-refractivity contribution in [1.82, 2.24) is 0 Å². The number of carbonyl (C=O) groups excluding carboxylic acids is 1. The van der Waals surface area contributed by atoms with Crippen molar-refractivity contribution in [3.8, 4) is 0 Å². The number of benzene rings is 1. The summed E-state index contributed by atoms with van der Waals surface area (Å²) < 4.78 is 5.03. The highest BCUT2D eigenvalue weighted by Crippen LogP contribution is 2.24. The molecule has 0 fully saturated rings. The summed E-state index contributed by atoms with van der Waals surface area (Å²) in [6.45, 7) is 6.19. The van der Waals surface area contributed by atoms with E-state index in [1.54, 1.807) is 6.92 Å². The van der Waals surface area contributed by atoms with E-state index in [2.05, 4.69) is 0 Å². The number of ether oxygens (including phenoxy) is 1. The van der Waals surface area contributed by atoms with Crippen LogP contribution in [0.1, 0.15) is 42.3 Å². The van der Waals surface area contributed by atoms with E-state index in [4.69, 9.17) is 10.5 Å². The topological polar surface area (TPSA) is 52.3 Å². The number of carbonyl (C=O) groups is 1. The summed E-state index contributed by atoms with van der Waals surface area (Å²) in [7, 11) is 0. The van der Waals surface area contributed by atoms with Crippen LogP contribution in [0.15, 0.2) is 12.1 Å². The van der Waals surface area contributed by atoms with Crippen LogP contribution in [0.5, 0.6) is 0 Å². The first kappa shape index (κ1) is 12.6. The maximum absolute atomic E-state index is 11.8. The average molecular weight is 221 g/mol. The highest BCUT2D eigenvalue weighted by Gasteiger charge is 2.17. The fourth-order valence-electron chi connectivity index (χ4n) is 1.76. The maximum atomic E-state index is 11.8. The van der Waals surface area contributed by atoms with Gasteiger partial charge in [0, 0.05) is 5.69 Å². The average Bonchev–Trinajstić information content (AvgIpc) is 2.28. The number of hydrogen-bond donors (Lipinski definition) is 1. The predicted molar refractivity (Wildman–Crippen MR) is 65.6 cm³/mol. The van der Waals surface area contributed by atoms with Gasteiger partial charge in [-0.2, -0.15) is 0 Å². The number of rotatable bonds is 4. The second-order valence-electron chi connectivity index (χ2n) is 3.60. The molecule has 16 heavy (non-hydrogen) atoms. The lowest BCUT2D eigenvalue weighted by Gasteiger charge is -2.13. The molecule has 0 unspecified atom stereocenters. The van der Waals surface area contributed by atoms with E-state index in [9.17, 15) is 4.79 Å². The number of esters is 1. The molecule has 1 aromatic carbocycles. The Hall–Kier alpha value is -1.51. The summed E-state index contributed by atoms with van der Waals surface area (Å²) >= 11 is 0. The molecule has 3 heteroatoms. The van der Waals surface area contributed by atoms with Crippen molar-refractivity contribution < 1.29 is 9.53 Å². The van der Waals surface area contributed by atoms with Crippen molar-refractivity contribution in [2.45, 2.75) is 33.6 Å². The van der Waals surface area contributed by atoms with E-state index in [1.807, 2.05) is 26.0 Å². The summed E-state index contributed by atoms with van der Waals surface area (Å²) in [5.74, 6) is -0.313. The van der Waals surface area contributed by atoms with Crippen molar-refractivity contribution >= 4 is 11.7 Å². The number of aryl methyl sites for hydroxylation is 2. The molecule has 0 aliphatic heterocycles. The van der Waals surface area contributed by atoms with Crippen LogP contribution in [0.4, 0.5) is 5.69 Å². The summed E-state index contributed by atoms with van der Waals surface area (Å²) in [6, 6.07) is 3.94. The zero-order valence-electron chi connectivity index (χ0n) is 10.2. The zero-order chi connectivity index (χ0) is 12.1. The summed E-state index contributed by atoms with van der Waals surface area (Å²) in [4.78, 5) is 11.8. The van der Waals surface area contributed by atoms with E-state index < -0.39 is 0 Å². The molecule has 0 amide bonds. The van der Waals surface area contributed by atoms with Crippen LogP contribution in [-0.4, -0.2) is 12.6 Å². The molecule has 0 saturated heterocycles. The smallest absolute Gasteiger partial charge is 0.340 e. The van der Waals surface area contributed by atoms with E-state index in [-0.39, 0.29) is 5.97 Å². The third-order valence-electron chi connectivity index (χ3n) is 2.66. The minimum atomic E-state index is -0.313. The highest BCUT2D eigenvalue weighted by molar-refractivity contribution is 5.97. The van der Waals surface area contributed by atoms with Gasteiger partial charge in [-0.25, -0.2) is 4.79 Å². The molecule has 0 radical (unpaired) electrons. The predicted octanol–water partition coefficient (Wildman–Crippen LogP) is 2.57. The summed E-state index contributed by atoms with van der Waals surface area (Å²) in [5.41, 5.74) is 9.07. The van der Waals surface area contributed by atoms with E-state index in [0.29, 0.717) is 17.9 Å². The Balaban J connectivity index is 3.26. The van der Waals surface area contributed by atoms with Crippen LogP contribution in [0.3, 0.4) is 0 Å². The van der Waals surface area contributed by atoms with E-state index >= 15 is 0 Å². The Morgan fingerprint density at radius 1 is 1.19 bits per heavy atom. The third-order valence-corrected chi connectivity index (χ3v) is 2.66. The fraction of sp³-hybridized carbons (Fsp3) is 0.462. The molecular weight excluding hydrogens is 202 g/mol. The van der Waals surface area contributed by atoms with Gasteiger partial charge in [0.2, 0.25) is 0 Å². The number of nitrogens with two attached hydrogens (primary N) is 1. The Morgan fingerprint density at radius 2 is 1.75 bits per heavy atom. The molecule has 0 bridgehead atoms. The van der Waals surface area contributed by atoms with E-state index in [1.165, 1.54) is 0 Å². The molecule has 0 spiro atoms. The molecule has 88 valence electrons. The molecular formula is C13H19NO2. The highest BCUT2D eigenvalue weighted by atomic mass is 16.5. The lowest BCUT2D eigenvalue weighted by atomic mass is 9.98. The first-order chi connectivity index (χ1) is 7.65. The van der Waals surface area contributed by atoms with Gasteiger partial charge in [-0.1, -0.05) is 26.0 Å². The SMILES string of the molecule is CCOC(=O)c1c(CC)ccc(CC)c1N. The zero-order valence-corrected chi connectivity index (χ0v) is 10.2. The molecule has 0 aliphatic carbocycles. The Labute approximate surface area is 96.6 Å². The Bertz CT molecular complexity index is 386. The molecule has 1 aromatic rings. The van der Waals surface area contributed by atoms with Crippen molar-refractivity contribution in [2.75, 3.05) is 12.3 Å². The summed E-state index contributed by atoms with van der Waals surface area (Å²) in [6.07, 6.45) is 1.60. The summed E-state index contributed by atoms with van der Waals surface area (Å²) in [5, 5.41) is 0. The molecule has 0 atom stereocenters. The molecule has 0 aliphatic rings. The van der Waals surface area contributed by atoms with Crippen LogP contribution in [0.25, 0.3) is 0 Å². The van der Waals surface area contributed by atoms with Gasteiger partial charge in [-0.3, -0.25) is 0 Å². The second kappa shape index (κ2) is 5.54. The fourth-order valence-corrected chi connectivity index (χ4v) is 1.76. The van der Waals surface area contributed by atoms with Gasteiger partial charge in [0.15, 0.2) is 0 Å². The molecule has 0 heterocycles. The molecule has 0 aromatic heterocycles. The van der Waals surface area contributed by atoms with Crippen LogP contribution in [-0.2, 0) is 17.6 Å². The van der Waals surface area contributed by atoms with Gasteiger partial charge in [0.05, 0.1) is 12.2 Å². The molecule has 0 saturated carbocycles. The number of anilines is 1. The lowest BCUT2D eigenvalue weighted by Crippen LogP contribution is -2.12. The van der Waals surface area contributed by atoms with Crippen LogP contribution < -0.4 is 5.73 Å². The van der Waals surface area contributed by atoms with Crippen LogP contribution in [0, 0.1) is 0 Å². The number of hydrogen-bond acceptors (Lipinski definition) is 3. The van der Waals surface area contributed by atoms with Crippen LogP contribution in [0.2, 0.25) is 0 Å². The van der Waals surface area contributed by atoms with Crippen molar-refractivity contribution in [3.63, 3.8) is 0 Å². The quantitative estimate of drug-likeness (QED) is 0.628. The van der Waals surface area contributed by atoms with Crippen LogP contribution >= 0.6 is 0 Å². The van der Waals surface area contributed by atoms with Gasteiger partial charge < -0.3 is 10.5 Å². The van der Waals surface area contributed by atoms with Crippen molar-refractivity contribution in [3.05, 3.63) is 28.8 Å². The minimum absolute atomic E-state index is 0.313. The largest absolute Gasteiger partial charge is 0.462 e. The van der Waals surface area contributed by atoms with Gasteiger partial charge in [0.1, 0.15) is 0 Å². The minimum Gasteiger partial charge on any atom is -0.462 e. The monoisotopic (exact) mass is 221 g/mol. The second-order valence-corrected chi connectivity index (χ2v) is 3.60. The van der Waals surface area contributed by atoms with Gasteiger partial charge >= 0.3 is 5.97 Å². The number of nitrogen functional groups attached to an aromatic ring is 1. The maximum Gasteiger partial charge on any atom is 0.340 e. The van der Waals surface area contributed by atoms with E-state index in [0.717, 1.165) is 24.0 Å². The first-order valence-electron chi connectivity index (χ1n) is 5.72. The van der Waals surface area contributed by atoms with Crippen molar-refractivity contribution in [1.29, 1.82) is 0 Å². The van der Waals surface area contributed by atoms with Crippen molar-refractivity contribution in [2.24, 2.45) is 0 Å². The molecule has 3 nitrogen and oxygen atoms in total.